The van der Waals surface area contributed by atoms with Gasteiger partial charge in [-0.25, -0.2) is 9.97 Å². The van der Waals surface area contributed by atoms with Crippen LogP contribution in [0.2, 0.25) is 0 Å². The third-order valence-electron chi connectivity index (χ3n) is 4.55. The molecule has 4 nitrogen and oxygen atoms in total. The minimum atomic E-state index is 0.677. The second kappa shape index (κ2) is 5.87. The van der Waals surface area contributed by atoms with Crippen molar-refractivity contribution >= 4 is 5.82 Å². The summed E-state index contributed by atoms with van der Waals surface area (Å²) >= 11 is 0. The Morgan fingerprint density at radius 1 is 1.11 bits per heavy atom. The lowest BCUT2D eigenvalue weighted by Crippen LogP contribution is -2.42. The highest BCUT2D eigenvalue weighted by atomic mass is 15.2. The van der Waals surface area contributed by atoms with Crippen molar-refractivity contribution in [3.63, 3.8) is 0 Å². The Morgan fingerprint density at radius 2 is 1.89 bits per heavy atom. The van der Waals surface area contributed by atoms with Crippen molar-refractivity contribution in [1.82, 2.24) is 15.3 Å². The molecule has 3 rings (SSSR count). The van der Waals surface area contributed by atoms with Gasteiger partial charge < -0.3 is 10.2 Å². The largest absolute Gasteiger partial charge is 0.356 e. The van der Waals surface area contributed by atoms with Crippen LogP contribution in [0.1, 0.15) is 43.4 Å². The van der Waals surface area contributed by atoms with Crippen molar-refractivity contribution < 1.29 is 0 Å². The van der Waals surface area contributed by atoms with E-state index in [4.69, 9.17) is 0 Å². The third-order valence-corrected chi connectivity index (χ3v) is 4.55. The molecule has 4 heteroatoms. The first-order valence-electron chi connectivity index (χ1n) is 7.63. The molecule has 1 aliphatic heterocycles. The Kier molecular flexibility index (Phi) is 3.97. The van der Waals surface area contributed by atoms with Gasteiger partial charge >= 0.3 is 0 Å². The molecule has 2 heterocycles. The molecule has 0 spiro atoms. The van der Waals surface area contributed by atoms with E-state index in [1.54, 1.807) is 6.33 Å². The number of aromatic nitrogens is 2. The van der Waals surface area contributed by atoms with Crippen molar-refractivity contribution in [3.8, 4) is 0 Å². The topological polar surface area (TPSA) is 41.0 Å². The number of hydrogen-bond donors (Lipinski definition) is 1. The highest BCUT2D eigenvalue weighted by Crippen LogP contribution is 2.28. The first kappa shape index (κ1) is 12.9. The number of hydrogen-bond acceptors (Lipinski definition) is 4. The predicted molar refractivity (Wildman–Crippen MR) is 77.6 cm³/mol. The van der Waals surface area contributed by atoms with Gasteiger partial charge in [0.2, 0.25) is 0 Å². The summed E-state index contributed by atoms with van der Waals surface area (Å²) in [5, 5.41) is 3.39. The Balaban J connectivity index is 1.81. The van der Waals surface area contributed by atoms with Crippen LogP contribution >= 0.6 is 0 Å². The highest BCUT2D eigenvalue weighted by Gasteiger charge is 2.23. The average molecular weight is 260 g/mol. The molecule has 2 aliphatic rings. The zero-order valence-electron chi connectivity index (χ0n) is 11.9. The second-order valence-corrected chi connectivity index (χ2v) is 5.73. The minimum absolute atomic E-state index is 0.677. The standard InChI is InChI=1S/C15H24N4/c1-16-12-7-9-19(10-8-12)15-13-5-3-2-4-6-14(13)17-11-18-15/h11-12,16H,2-10H2,1H3. The van der Waals surface area contributed by atoms with E-state index in [0.717, 1.165) is 25.9 Å². The average Bonchev–Trinajstić information content (AvgIpc) is 2.72. The quantitative estimate of drug-likeness (QED) is 0.825. The van der Waals surface area contributed by atoms with E-state index in [1.807, 2.05) is 0 Å². The summed E-state index contributed by atoms with van der Waals surface area (Å²) in [5.74, 6) is 1.22. The van der Waals surface area contributed by atoms with E-state index < -0.39 is 0 Å². The van der Waals surface area contributed by atoms with Gasteiger partial charge in [-0.2, -0.15) is 0 Å². The van der Waals surface area contributed by atoms with Crippen LogP contribution in [0.4, 0.5) is 5.82 Å². The molecule has 1 aliphatic carbocycles. The summed E-state index contributed by atoms with van der Waals surface area (Å²) in [5.41, 5.74) is 2.74. The number of fused-ring (bicyclic) bond motifs is 1. The van der Waals surface area contributed by atoms with Crippen molar-refractivity contribution in [3.05, 3.63) is 17.6 Å². The van der Waals surface area contributed by atoms with Crippen molar-refractivity contribution in [2.45, 2.75) is 51.0 Å². The summed E-state index contributed by atoms with van der Waals surface area (Å²) in [6.45, 7) is 2.24. The molecule has 0 amide bonds. The summed E-state index contributed by atoms with van der Waals surface area (Å²) in [7, 11) is 2.07. The molecule has 1 aromatic heterocycles. The van der Waals surface area contributed by atoms with Gasteiger partial charge in [-0.05, 0) is 45.6 Å². The lowest BCUT2D eigenvalue weighted by molar-refractivity contribution is 0.440. The molecular weight excluding hydrogens is 236 g/mol. The molecular formula is C15H24N4. The first-order valence-corrected chi connectivity index (χ1v) is 7.63. The van der Waals surface area contributed by atoms with E-state index in [0.29, 0.717) is 6.04 Å². The molecule has 0 aromatic carbocycles. The Hall–Kier alpha value is -1.16. The molecule has 104 valence electrons. The second-order valence-electron chi connectivity index (χ2n) is 5.73. The lowest BCUT2D eigenvalue weighted by atomic mass is 10.0. The van der Waals surface area contributed by atoms with E-state index in [2.05, 4.69) is 27.2 Å². The number of rotatable bonds is 2. The minimum Gasteiger partial charge on any atom is -0.356 e. The van der Waals surface area contributed by atoms with Crippen molar-refractivity contribution in [1.29, 1.82) is 0 Å². The number of anilines is 1. The molecule has 0 radical (unpaired) electrons. The third kappa shape index (κ3) is 2.73. The van der Waals surface area contributed by atoms with E-state index in [-0.39, 0.29) is 0 Å². The Labute approximate surface area is 115 Å². The molecule has 1 fully saturated rings. The molecule has 0 saturated carbocycles. The van der Waals surface area contributed by atoms with Crippen molar-refractivity contribution in [2.75, 3.05) is 25.0 Å². The monoisotopic (exact) mass is 260 g/mol. The Bertz CT molecular complexity index is 424. The molecule has 0 bridgehead atoms. The lowest BCUT2D eigenvalue weighted by Gasteiger charge is -2.33. The van der Waals surface area contributed by atoms with Crippen LogP contribution in [0, 0.1) is 0 Å². The fraction of sp³-hybridized carbons (Fsp3) is 0.733. The van der Waals surface area contributed by atoms with Gasteiger partial charge in [-0.15, -0.1) is 0 Å². The summed E-state index contributed by atoms with van der Waals surface area (Å²) in [6, 6.07) is 0.677. The fourth-order valence-corrected chi connectivity index (χ4v) is 3.33. The van der Waals surface area contributed by atoms with Crippen LogP contribution < -0.4 is 10.2 Å². The smallest absolute Gasteiger partial charge is 0.135 e. The molecule has 19 heavy (non-hydrogen) atoms. The molecule has 0 atom stereocenters. The zero-order chi connectivity index (χ0) is 13.1. The Morgan fingerprint density at radius 3 is 2.68 bits per heavy atom. The van der Waals surface area contributed by atoms with E-state index in [9.17, 15) is 0 Å². The van der Waals surface area contributed by atoms with Crippen LogP contribution in [0.25, 0.3) is 0 Å². The van der Waals surface area contributed by atoms with Crippen LogP contribution in [0.3, 0.4) is 0 Å². The number of nitrogens with one attached hydrogen (secondary N) is 1. The summed E-state index contributed by atoms with van der Waals surface area (Å²) < 4.78 is 0. The molecule has 1 aromatic rings. The van der Waals surface area contributed by atoms with Gasteiger partial charge in [-0.3, -0.25) is 0 Å². The van der Waals surface area contributed by atoms with Crippen LogP contribution in [0.15, 0.2) is 6.33 Å². The highest BCUT2D eigenvalue weighted by molar-refractivity contribution is 5.49. The number of aryl methyl sites for hydroxylation is 1. The maximum Gasteiger partial charge on any atom is 0.135 e. The molecule has 0 unspecified atom stereocenters. The van der Waals surface area contributed by atoms with Crippen LogP contribution in [-0.2, 0) is 12.8 Å². The SMILES string of the molecule is CNC1CCN(c2ncnc3c2CCCCC3)CC1. The predicted octanol–water partition coefficient (Wildman–Crippen LogP) is 1.93. The maximum atomic E-state index is 4.60. The van der Waals surface area contributed by atoms with Crippen LogP contribution in [0.5, 0.6) is 0 Å². The van der Waals surface area contributed by atoms with Crippen LogP contribution in [-0.4, -0.2) is 36.1 Å². The number of piperidine rings is 1. The summed E-state index contributed by atoms with van der Waals surface area (Å²) in [4.78, 5) is 11.6. The first-order chi connectivity index (χ1) is 9.38. The van der Waals surface area contributed by atoms with Gasteiger partial charge in [0.05, 0.1) is 0 Å². The van der Waals surface area contributed by atoms with Gasteiger partial charge in [0.15, 0.2) is 0 Å². The molecule has 1 saturated heterocycles. The van der Waals surface area contributed by atoms with Gasteiger partial charge in [-0.1, -0.05) is 6.42 Å². The maximum absolute atomic E-state index is 4.60. The summed E-state index contributed by atoms with van der Waals surface area (Å²) in [6.07, 6.45) is 10.4. The normalized spacial score (nSPS) is 21.0. The van der Waals surface area contributed by atoms with Crippen molar-refractivity contribution in [2.24, 2.45) is 0 Å². The van der Waals surface area contributed by atoms with Gasteiger partial charge in [0, 0.05) is 30.4 Å². The zero-order valence-corrected chi connectivity index (χ0v) is 11.9. The van der Waals surface area contributed by atoms with Gasteiger partial charge in [0.25, 0.3) is 0 Å². The molecule has 1 N–H and O–H groups in total. The fourth-order valence-electron chi connectivity index (χ4n) is 3.33. The van der Waals surface area contributed by atoms with E-state index >= 15 is 0 Å². The van der Waals surface area contributed by atoms with E-state index in [1.165, 1.54) is 49.2 Å². The number of nitrogens with zero attached hydrogens (tertiary/aromatic N) is 3. The van der Waals surface area contributed by atoms with Gasteiger partial charge in [0.1, 0.15) is 12.1 Å².